The van der Waals surface area contributed by atoms with Gasteiger partial charge in [-0.2, -0.15) is 0 Å². The summed E-state index contributed by atoms with van der Waals surface area (Å²) in [5.74, 6) is -0.347. The van der Waals surface area contributed by atoms with Crippen molar-refractivity contribution in [3.05, 3.63) is 23.1 Å². The topological polar surface area (TPSA) is 69.1 Å². The summed E-state index contributed by atoms with van der Waals surface area (Å²) in [7, 11) is 0. The molecule has 1 fully saturated rings. The molecule has 1 aromatic rings. The third kappa shape index (κ3) is 4.66. The van der Waals surface area contributed by atoms with E-state index in [1.807, 2.05) is 25.7 Å². The van der Waals surface area contributed by atoms with Crippen LogP contribution in [0.4, 0.5) is 10.2 Å². The van der Waals surface area contributed by atoms with Crippen LogP contribution >= 0.6 is 11.6 Å². The van der Waals surface area contributed by atoms with Crippen LogP contribution in [0.15, 0.2) is 12.3 Å². The maximum absolute atomic E-state index is 14.1. The number of carbonyl (C=O) groups is 1. The van der Waals surface area contributed by atoms with Gasteiger partial charge in [0.2, 0.25) is 5.91 Å². The highest BCUT2D eigenvalue weighted by Crippen LogP contribution is 2.27. The van der Waals surface area contributed by atoms with Gasteiger partial charge in [0.25, 0.3) is 0 Å². The number of halogens is 2. The van der Waals surface area contributed by atoms with Gasteiger partial charge in [-0.05, 0) is 18.9 Å². The molecule has 2 N–H and O–H groups in total. The summed E-state index contributed by atoms with van der Waals surface area (Å²) in [5.41, 5.74) is 0.0845. The first-order valence-corrected chi connectivity index (χ1v) is 8.48. The van der Waals surface area contributed by atoms with E-state index < -0.39 is 5.82 Å². The van der Waals surface area contributed by atoms with Crippen LogP contribution in [0, 0.1) is 16.6 Å². The van der Waals surface area contributed by atoms with Gasteiger partial charge in [0.1, 0.15) is 0 Å². The molecule has 0 radical (unpaired) electrons. The van der Waals surface area contributed by atoms with E-state index in [0.29, 0.717) is 18.8 Å². The van der Waals surface area contributed by atoms with Crippen molar-refractivity contribution in [2.75, 3.05) is 18.0 Å². The zero-order valence-corrected chi connectivity index (χ0v) is 15.1. The predicted octanol–water partition coefficient (Wildman–Crippen LogP) is 3.42. The van der Waals surface area contributed by atoms with E-state index >= 15 is 0 Å². The Hall–Kier alpha value is -1.69. The molecule has 1 aliphatic rings. The minimum atomic E-state index is -0.449. The van der Waals surface area contributed by atoms with Crippen molar-refractivity contribution in [1.29, 1.82) is 5.41 Å². The van der Waals surface area contributed by atoms with Crippen molar-refractivity contribution in [2.45, 2.75) is 46.1 Å². The van der Waals surface area contributed by atoms with Crippen molar-refractivity contribution >= 4 is 29.0 Å². The summed E-state index contributed by atoms with van der Waals surface area (Å²) >= 11 is 5.75. The largest absolute Gasteiger partial charge is 0.354 e. The lowest BCUT2D eigenvalue weighted by Crippen LogP contribution is -2.41. The van der Waals surface area contributed by atoms with Crippen LogP contribution in [0.1, 0.15) is 40.0 Å². The molecule has 1 aliphatic heterocycles. The number of nitrogens with zero attached hydrogens (tertiary/aromatic N) is 2. The van der Waals surface area contributed by atoms with Gasteiger partial charge in [0, 0.05) is 36.5 Å². The molecule has 7 heteroatoms. The number of hydrogen-bond acceptors (Lipinski definition) is 4. The van der Waals surface area contributed by atoms with E-state index in [9.17, 15) is 9.18 Å². The fraction of sp³-hybridized carbons (Fsp3) is 0.588. The molecule has 5 nitrogen and oxygen atoms in total. The van der Waals surface area contributed by atoms with E-state index in [0.717, 1.165) is 12.8 Å². The fourth-order valence-corrected chi connectivity index (χ4v) is 2.81. The molecule has 1 saturated heterocycles. The minimum absolute atomic E-state index is 0.000876. The van der Waals surface area contributed by atoms with Crippen molar-refractivity contribution in [2.24, 2.45) is 5.41 Å². The highest BCUT2D eigenvalue weighted by atomic mass is 35.5. The van der Waals surface area contributed by atoms with Crippen LogP contribution in [0.25, 0.3) is 0 Å². The molecule has 0 bridgehead atoms. The Labute approximate surface area is 147 Å². The third-order valence-electron chi connectivity index (χ3n) is 4.22. The molecule has 0 aromatic carbocycles. The van der Waals surface area contributed by atoms with E-state index in [-0.39, 0.29) is 34.6 Å². The molecule has 1 atom stereocenters. The first-order chi connectivity index (χ1) is 11.2. The lowest BCUT2D eigenvalue weighted by Gasteiger charge is -2.26. The van der Waals surface area contributed by atoms with Gasteiger partial charge in [0.15, 0.2) is 11.6 Å². The summed E-state index contributed by atoms with van der Waals surface area (Å²) in [5, 5.41) is 11.1. The van der Waals surface area contributed by atoms with E-state index in [1.54, 1.807) is 0 Å². The quantitative estimate of drug-likeness (QED) is 0.796. The maximum Gasteiger partial charge on any atom is 0.225 e. The lowest BCUT2D eigenvalue weighted by molar-refractivity contribution is -0.120. The zero-order valence-electron chi connectivity index (χ0n) is 14.3. The molecule has 0 aliphatic carbocycles. The number of carbonyl (C=O) groups excluding carboxylic acids is 1. The van der Waals surface area contributed by atoms with Crippen LogP contribution in [0.2, 0.25) is 5.02 Å². The molecule has 2 heterocycles. The van der Waals surface area contributed by atoms with Gasteiger partial charge in [-0.25, -0.2) is 9.37 Å². The van der Waals surface area contributed by atoms with Crippen LogP contribution in [0.5, 0.6) is 0 Å². The Balaban J connectivity index is 1.94. The summed E-state index contributed by atoms with van der Waals surface area (Å²) in [6.07, 6.45) is 3.30. The summed E-state index contributed by atoms with van der Waals surface area (Å²) in [6.45, 7) is 6.85. The second kappa shape index (κ2) is 7.47. The second-order valence-electron chi connectivity index (χ2n) is 7.16. The molecule has 1 amide bonds. The van der Waals surface area contributed by atoms with Crippen LogP contribution in [-0.4, -0.2) is 35.7 Å². The molecule has 2 rings (SSSR count). The van der Waals surface area contributed by atoms with Gasteiger partial charge in [-0.1, -0.05) is 32.4 Å². The first-order valence-electron chi connectivity index (χ1n) is 8.11. The average molecular weight is 355 g/mol. The SMILES string of the molecule is CC(C)(C)C(=N)CC(=O)NCC1CCCN1c1ncc(Cl)cc1F. The number of nitrogens with one attached hydrogen (secondary N) is 2. The highest BCUT2D eigenvalue weighted by Gasteiger charge is 2.28. The Morgan fingerprint density at radius 3 is 2.88 bits per heavy atom. The van der Waals surface area contributed by atoms with E-state index in [4.69, 9.17) is 17.0 Å². The van der Waals surface area contributed by atoms with Crippen molar-refractivity contribution in [3.8, 4) is 0 Å². The molecule has 1 aromatic heterocycles. The van der Waals surface area contributed by atoms with Gasteiger partial charge in [-0.3, -0.25) is 4.79 Å². The number of rotatable bonds is 5. The molecular formula is C17H24ClFN4O. The average Bonchev–Trinajstić information content (AvgIpc) is 2.92. The number of aromatic nitrogens is 1. The minimum Gasteiger partial charge on any atom is -0.354 e. The summed E-state index contributed by atoms with van der Waals surface area (Å²) < 4.78 is 14.1. The summed E-state index contributed by atoms with van der Waals surface area (Å²) in [4.78, 5) is 18.0. The smallest absolute Gasteiger partial charge is 0.225 e. The Bertz CT molecular complexity index is 630. The Kier molecular flexibility index (Phi) is 5.80. The fourth-order valence-electron chi connectivity index (χ4n) is 2.67. The van der Waals surface area contributed by atoms with Crippen LogP contribution < -0.4 is 10.2 Å². The number of hydrogen-bond donors (Lipinski definition) is 2. The Morgan fingerprint density at radius 2 is 2.25 bits per heavy atom. The predicted molar refractivity (Wildman–Crippen MR) is 94.4 cm³/mol. The molecule has 0 saturated carbocycles. The molecular weight excluding hydrogens is 331 g/mol. The third-order valence-corrected chi connectivity index (χ3v) is 4.42. The zero-order chi connectivity index (χ0) is 17.9. The van der Waals surface area contributed by atoms with Crippen LogP contribution in [0.3, 0.4) is 0 Å². The van der Waals surface area contributed by atoms with Gasteiger partial charge in [0.05, 0.1) is 11.4 Å². The van der Waals surface area contributed by atoms with E-state index in [2.05, 4.69) is 10.3 Å². The first kappa shape index (κ1) is 18.6. The lowest BCUT2D eigenvalue weighted by atomic mass is 9.88. The van der Waals surface area contributed by atoms with Crippen molar-refractivity contribution < 1.29 is 9.18 Å². The van der Waals surface area contributed by atoms with E-state index in [1.165, 1.54) is 12.3 Å². The molecule has 0 spiro atoms. The molecule has 132 valence electrons. The number of pyridine rings is 1. The monoisotopic (exact) mass is 354 g/mol. The number of amides is 1. The summed E-state index contributed by atoms with van der Waals surface area (Å²) in [6, 6.07) is 1.25. The molecule has 24 heavy (non-hydrogen) atoms. The Morgan fingerprint density at radius 1 is 1.54 bits per heavy atom. The standard InChI is InChI=1S/C17H24ClFN4O/c1-17(2,3)14(20)8-15(24)21-10-12-5-4-6-23(12)16-13(19)7-11(18)9-22-16/h7,9,12,20H,4-6,8,10H2,1-3H3,(H,21,24). The second-order valence-corrected chi connectivity index (χ2v) is 7.59. The van der Waals surface area contributed by atoms with Gasteiger partial charge >= 0.3 is 0 Å². The van der Waals surface area contributed by atoms with Gasteiger partial charge < -0.3 is 15.6 Å². The highest BCUT2D eigenvalue weighted by molar-refractivity contribution is 6.30. The maximum atomic E-state index is 14.1. The number of anilines is 1. The van der Waals surface area contributed by atoms with Crippen molar-refractivity contribution in [3.63, 3.8) is 0 Å². The van der Waals surface area contributed by atoms with Gasteiger partial charge in [-0.15, -0.1) is 0 Å². The van der Waals surface area contributed by atoms with Crippen molar-refractivity contribution in [1.82, 2.24) is 10.3 Å². The molecule has 1 unspecified atom stereocenters. The van der Waals surface area contributed by atoms with Crippen LogP contribution in [-0.2, 0) is 4.79 Å². The normalized spacial score (nSPS) is 17.9.